The molecule has 1 N–H and O–H groups in total. The van der Waals surface area contributed by atoms with Gasteiger partial charge in [0.15, 0.2) is 0 Å². The number of likely N-dealkylation sites (N-methyl/N-ethyl adjacent to an activating group) is 1. The molecule has 1 saturated heterocycles. The summed E-state index contributed by atoms with van der Waals surface area (Å²) in [6, 6.07) is -0.108. The molecular formula is C12H27N3O3S. The molecule has 0 spiro atoms. The molecule has 19 heavy (non-hydrogen) atoms. The highest BCUT2D eigenvalue weighted by Crippen LogP contribution is 2.09. The zero-order valence-corrected chi connectivity index (χ0v) is 13.1. The average Bonchev–Trinajstić information content (AvgIpc) is 2.38. The highest BCUT2D eigenvalue weighted by atomic mass is 32.2. The van der Waals surface area contributed by atoms with Gasteiger partial charge in [0.1, 0.15) is 0 Å². The lowest BCUT2D eigenvalue weighted by atomic mass is 10.4. The van der Waals surface area contributed by atoms with Crippen molar-refractivity contribution in [3.8, 4) is 0 Å². The maximum absolute atomic E-state index is 12.3. The quantitative estimate of drug-likeness (QED) is 0.658. The van der Waals surface area contributed by atoms with Gasteiger partial charge in [0, 0.05) is 52.4 Å². The van der Waals surface area contributed by atoms with Crippen molar-refractivity contribution in [1.82, 2.24) is 14.5 Å². The monoisotopic (exact) mass is 293 g/mol. The average molecular weight is 293 g/mol. The van der Waals surface area contributed by atoms with E-state index in [-0.39, 0.29) is 11.8 Å². The normalized spacial score (nSPS) is 19.8. The van der Waals surface area contributed by atoms with Crippen LogP contribution in [0.5, 0.6) is 0 Å². The Balaban J connectivity index is 2.52. The van der Waals surface area contributed by atoms with Crippen LogP contribution in [0.4, 0.5) is 0 Å². The van der Waals surface area contributed by atoms with Crippen LogP contribution in [0.15, 0.2) is 0 Å². The van der Waals surface area contributed by atoms with Crippen LogP contribution in [0, 0.1) is 0 Å². The minimum Gasteiger partial charge on any atom is -0.383 e. The van der Waals surface area contributed by atoms with E-state index in [1.54, 1.807) is 11.4 Å². The highest BCUT2D eigenvalue weighted by Gasteiger charge is 2.26. The molecule has 114 valence electrons. The Kier molecular flexibility index (Phi) is 7.23. The van der Waals surface area contributed by atoms with E-state index in [2.05, 4.69) is 10.2 Å². The molecular weight excluding hydrogens is 266 g/mol. The first-order chi connectivity index (χ1) is 9.01. The molecule has 0 radical (unpaired) electrons. The Morgan fingerprint density at radius 2 is 2.00 bits per heavy atom. The van der Waals surface area contributed by atoms with Gasteiger partial charge in [-0.1, -0.05) is 6.92 Å². The number of nitrogens with zero attached hydrogens (tertiary/aromatic N) is 2. The smallest absolute Gasteiger partial charge is 0.215 e. The Morgan fingerprint density at radius 3 is 2.53 bits per heavy atom. The van der Waals surface area contributed by atoms with Crippen LogP contribution in [-0.2, 0) is 14.8 Å². The largest absolute Gasteiger partial charge is 0.383 e. The summed E-state index contributed by atoms with van der Waals surface area (Å²) in [4.78, 5) is 2.20. The van der Waals surface area contributed by atoms with Crippen LogP contribution >= 0.6 is 0 Å². The van der Waals surface area contributed by atoms with Crippen LogP contribution in [0.2, 0.25) is 0 Å². The molecule has 0 aromatic rings. The van der Waals surface area contributed by atoms with E-state index < -0.39 is 10.0 Å². The van der Waals surface area contributed by atoms with Gasteiger partial charge in [-0.3, -0.25) is 4.90 Å². The lowest BCUT2D eigenvalue weighted by molar-refractivity contribution is 0.142. The predicted octanol–water partition coefficient (Wildman–Crippen LogP) is -0.422. The van der Waals surface area contributed by atoms with Crippen molar-refractivity contribution >= 4 is 10.0 Å². The maximum Gasteiger partial charge on any atom is 0.215 e. The molecule has 6 nitrogen and oxygen atoms in total. The first kappa shape index (κ1) is 16.8. The van der Waals surface area contributed by atoms with Crippen molar-refractivity contribution in [1.29, 1.82) is 0 Å². The van der Waals surface area contributed by atoms with Crippen LogP contribution in [-0.4, -0.2) is 82.4 Å². The van der Waals surface area contributed by atoms with Crippen molar-refractivity contribution in [2.75, 3.05) is 58.7 Å². The number of nitrogens with one attached hydrogen (secondary N) is 1. The highest BCUT2D eigenvalue weighted by molar-refractivity contribution is 7.89. The van der Waals surface area contributed by atoms with Gasteiger partial charge in [-0.25, -0.2) is 8.42 Å². The van der Waals surface area contributed by atoms with E-state index >= 15 is 0 Å². The van der Waals surface area contributed by atoms with Gasteiger partial charge >= 0.3 is 0 Å². The fourth-order valence-corrected chi connectivity index (χ4v) is 4.13. The minimum absolute atomic E-state index is 0.108. The van der Waals surface area contributed by atoms with Crippen molar-refractivity contribution in [2.45, 2.75) is 19.9 Å². The lowest BCUT2D eigenvalue weighted by Crippen LogP contribution is -2.48. The number of sulfonamides is 1. The van der Waals surface area contributed by atoms with Gasteiger partial charge in [0.2, 0.25) is 10.0 Å². The summed E-state index contributed by atoms with van der Waals surface area (Å²) in [6.07, 6.45) is 0. The van der Waals surface area contributed by atoms with Crippen molar-refractivity contribution in [3.05, 3.63) is 0 Å². The molecule has 1 rings (SSSR count). The van der Waals surface area contributed by atoms with E-state index in [0.29, 0.717) is 19.7 Å². The van der Waals surface area contributed by atoms with Crippen molar-refractivity contribution < 1.29 is 13.2 Å². The van der Waals surface area contributed by atoms with Gasteiger partial charge in [-0.2, -0.15) is 4.31 Å². The molecule has 0 aliphatic carbocycles. The maximum atomic E-state index is 12.3. The summed E-state index contributed by atoms with van der Waals surface area (Å²) in [7, 11) is -1.61. The molecule has 0 saturated carbocycles. The number of rotatable bonds is 8. The first-order valence-corrected chi connectivity index (χ1v) is 8.53. The predicted molar refractivity (Wildman–Crippen MR) is 76.8 cm³/mol. The zero-order valence-electron chi connectivity index (χ0n) is 12.3. The second-order valence-electron chi connectivity index (χ2n) is 4.92. The Labute approximate surface area is 117 Å². The Bertz CT molecular complexity index is 342. The SMILES string of the molecule is CCN(C(C)COC)S(=O)(=O)CCN1CCNCC1. The number of piperazine rings is 1. The zero-order chi connectivity index (χ0) is 14.3. The molecule has 1 atom stereocenters. The fourth-order valence-electron chi connectivity index (χ4n) is 2.40. The Morgan fingerprint density at radius 1 is 1.37 bits per heavy atom. The number of methoxy groups -OCH3 is 1. The van der Waals surface area contributed by atoms with Gasteiger partial charge in [-0.15, -0.1) is 0 Å². The van der Waals surface area contributed by atoms with Crippen molar-refractivity contribution in [2.24, 2.45) is 0 Å². The third kappa shape index (κ3) is 5.35. The molecule has 0 aromatic heterocycles. The molecule has 1 unspecified atom stereocenters. The van der Waals surface area contributed by atoms with E-state index in [1.165, 1.54) is 0 Å². The molecule has 0 aromatic carbocycles. The summed E-state index contributed by atoms with van der Waals surface area (Å²) >= 11 is 0. The number of hydrogen-bond donors (Lipinski definition) is 1. The number of hydrogen-bond acceptors (Lipinski definition) is 5. The van der Waals surface area contributed by atoms with Gasteiger partial charge < -0.3 is 10.1 Å². The third-order valence-corrected chi connectivity index (χ3v) is 5.47. The van der Waals surface area contributed by atoms with Crippen LogP contribution in [0.1, 0.15) is 13.8 Å². The van der Waals surface area contributed by atoms with E-state index in [1.807, 2.05) is 13.8 Å². The van der Waals surface area contributed by atoms with E-state index in [0.717, 1.165) is 26.2 Å². The lowest BCUT2D eigenvalue weighted by Gasteiger charge is -2.30. The summed E-state index contributed by atoms with van der Waals surface area (Å²) in [5.74, 6) is 0.189. The minimum atomic E-state index is -3.20. The molecule has 1 fully saturated rings. The molecule has 0 bridgehead atoms. The second kappa shape index (κ2) is 8.16. The Hall–Kier alpha value is -0.210. The molecule has 0 amide bonds. The van der Waals surface area contributed by atoms with E-state index in [9.17, 15) is 8.42 Å². The molecule has 1 aliphatic rings. The fraction of sp³-hybridized carbons (Fsp3) is 1.00. The van der Waals surface area contributed by atoms with Gasteiger partial charge in [-0.05, 0) is 6.92 Å². The number of ether oxygens (including phenoxy) is 1. The second-order valence-corrected chi connectivity index (χ2v) is 6.96. The molecule has 1 aliphatic heterocycles. The van der Waals surface area contributed by atoms with Crippen molar-refractivity contribution in [3.63, 3.8) is 0 Å². The summed E-state index contributed by atoms with van der Waals surface area (Å²) in [6.45, 7) is 9.03. The summed E-state index contributed by atoms with van der Waals surface area (Å²) < 4.78 is 31.3. The van der Waals surface area contributed by atoms with Crippen LogP contribution in [0.25, 0.3) is 0 Å². The van der Waals surface area contributed by atoms with Crippen LogP contribution < -0.4 is 5.32 Å². The topological polar surface area (TPSA) is 61.9 Å². The summed E-state index contributed by atoms with van der Waals surface area (Å²) in [5.41, 5.74) is 0. The molecule has 1 heterocycles. The molecule has 7 heteroatoms. The third-order valence-electron chi connectivity index (χ3n) is 3.44. The standard InChI is InChI=1S/C12H27N3O3S/c1-4-15(12(2)11-18-3)19(16,17)10-9-14-7-5-13-6-8-14/h12-13H,4-11H2,1-3H3. The first-order valence-electron chi connectivity index (χ1n) is 6.92. The van der Waals surface area contributed by atoms with Crippen LogP contribution in [0.3, 0.4) is 0 Å². The van der Waals surface area contributed by atoms with Gasteiger partial charge in [0.25, 0.3) is 0 Å². The van der Waals surface area contributed by atoms with Gasteiger partial charge in [0.05, 0.1) is 12.4 Å². The van der Waals surface area contributed by atoms with E-state index in [4.69, 9.17) is 4.74 Å². The summed E-state index contributed by atoms with van der Waals surface area (Å²) in [5, 5.41) is 3.26.